The molecule has 0 saturated heterocycles. The average Bonchev–Trinajstić information content (AvgIpc) is 2.60. The number of carbonyl (C=O) groups is 2. The van der Waals surface area contributed by atoms with Crippen LogP contribution in [0.1, 0.15) is 63.9 Å². The van der Waals surface area contributed by atoms with Gasteiger partial charge >= 0.3 is 0 Å². The molecule has 0 heterocycles. The molecule has 4 N–H and O–H groups in total. The first-order valence-electron chi connectivity index (χ1n) is 9.30. The van der Waals surface area contributed by atoms with Crippen molar-refractivity contribution in [3.05, 3.63) is 35.9 Å². The van der Waals surface area contributed by atoms with Crippen LogP contribution in [-0.4, -0.2) is 34.5 Å². The van der Waals surface area contributed by atoms with Gasteiger partial charge in [0.1, 0.15) is 5.54 Å². The summed E-state index contributed by atoms with van der Waals surface area (Å²) in [7, 11) is 0. The number of amides is 1. The zero-order chi connectivity index (χ0) is 18.4. The highest BCUT2D eigenvalue weighted by Crippen LogP contribution is 2.35. The summed E-state index contributed by atoms with van der Waals surface area (Å²) in [6.45, 7) is 3.86. The Kier molecular flexibility index (Phi) is 6.73. The summed E-state index contributed by atoms with van der Waals surface area (Å²) in [5.41, 5.74) is 5.68. The standard InChI is InChI=1S/C20H30N2O3/c1-3-9-17(23)22-20(13-8-12-16(21)19(20)25)18(24)15(4-2)14-10-6-5-7-11-14/h5-7,10-11,15-16,19,25H,3-4,8-9,12-13,21H2,1-2H3,(H,22,23)/t15-,16-,19-,20+/m1/s1. The van der Waals surface area contributed by atoms with Crippen molar-refractivity contribution in [2.45, 2.75) is 76.0 Å². The highest BCUT2D eigenvalue weighted by atomic mass is 16.3. The normalized spacial score (nSPS) is 27.5. The number of hydrogen-bond acceptors (Lipinski definition) is 4. The number of ketones is 1. The van der Waals surface area contributed by atoms with Crippen molar-refractivity contribution in [1.29, 1.82) is 0 Å². The Hall–Kier alpha value is -1.72. The van der Waals surface area contributed by atoms with Crippen LogP contribution in [0.3, 0.4) is 0 Å². The van der Waals surface area contributed by atoms with Crippen molar-refractivity contribution >= 4 is 11.7 Å². The molecule has 1 aliphatic rings. The van der Waals surface area contributed by atoms with E-state index in [0.29, 0.717) is 38.5 Å². The maximum atomic E-state index is 13.5. The number of aliphatic hydroxyl groups is 1. The Morgan fingerprint density at radius 2 is 2.00 bits per heavy atom. The van der Waals surface area contributed by atoms with E-state index in [1.165, 1.54) is 0 Å². The van der Waals surface area contributed by atoms with E-state index in [1.54, 1.807) is 0 Å². The molecule has 0 bridgehead atoms. The van der Waals surface area contributed by atoms with Crippen LogP contribution in [0, 0.1) is 0 Å². The summed E-state index contributed by atoms with van der Waals surface area (Å²) >= 11 is 0. The van der Waals surface area contributed by atoms with Crippen LogP contribution in [0.2, 0.25) is 0 Å². The van der Waals surface area contributed by atoms with E-state index in [4.69, 9.17) is 5.73 Å². The molecule has 1 saturated carbocycles. The van der Waals surface area contributed by atoms with E-state index in [-0.39, 0.29) is 17.6 Å². The molecule has 138 valence electrons. The predicted octanol–water partition coefficient (Wildman–Crippen LogP) is 2.28. The van der Waals surface area contributed by atoms with Gasteiger partial charge in [-0.3, -0.25) is 9.59 Å². The fourth-order valence-electron chi connectivity index (χ4n) is 3.86. The van der Waals surface area contributed by atoms with Gasteiger partial charge in [0.25, 0.3) is 0 Å². The minimum absolute atomic E-state index is 0.131. The third kappa shape index (κ3) is 4.10. The lowest BCUT2D eigenvalue weighted by Gasteiger charge is -2.45. The molecule has 0 radical (unpaired) electrons. The monoisotopic (exact) mass is 346 g/mol. The first kappa shape index (κ1) is 19.6. The van der Waals surface area contributed by atoms with Gasteiger partial charge in [-0.1, -0.05) is 44.2 Å². The van der Waals surface area contributed by atoms with Gasteiger partial charge in [-0.15, -0.1) is 0 Å². The highest BCUT2D eigenvalue weighted by Gasteiger charge is 2.52. The number of carbonyl (C=O) groups excluding carboxylic acids is 2. The Bertz CT molecular complexity index is 590. The summed E-state index contributed by atoms with van der Waals surface area (Å²) in [5, 5.41) is 13.7. The number of aliphatic hydroxyl groups excluding tert-OH is 1. The lowest BCUT2D eigenvalue weighted by Crippen LogP contribution is -2.69. The fourth-order valence-corrected chi connectivity index (χ4v) is 3.86. The van der Waals surface area contributed by atoms with E-state index < -0.39 is 17.7 Å². The van der Waals surface area contributed by atoms with Gasteiger partial charge in [0.15, 0.2) is 5.78 Å². The van der Waals surface area contributed by atoms with Crippen molar-refractivity contribution in [2.24, 2.45) is 5.73 Å². The molecule has 1 fully saturated rings. The van der Waals surface area contributed by atoms with Crippen LogP contribution < -0.4 is 11.1 Å². The fraction of sp³-hybridized carbons (Fsp3) is 0.600. The van der Waals surface area contributed by atoms with E-state index in [2.05, 4.69) is 5.32 Å². The SMILES string of the molecule is CCCC(=O)N[C@]1(C(=O)[C@H](CC)c2ccccc2)CCC[C@@H](N)[C@H]1O. The lowest BCUT2D eigenvalue weighted by molar-refractivity contribution is -0.141. The largest absolute Gasteiger partial charge is 0.389 e. The molecule has 1 aliphatic carbocycles. The van der Waals surface area contributed by atoms with Crippen molar-refractivity contribution in [2.75, 3.05) is 0 Å². The van der Waals surface area contributed by atoms with Crippen LogP contribution in [0.4, 0.5) is 0 Å². The first-order chi connectivity index (χ1) is 12.0. The molecule has 1 aromatic rings. The molecule has 2 rings (SSSR count). The average molecular weight is 346 g/mol. The summed E-state index contributed by atoms with van der Waals surface area (Å²) in [6.07, 6.45) is 2.36. The van der Waals surface area contributed by atoms with Crippen LogP contribution in [0.5, 0.6) is 0 Å². The topological polar surface area (TPSA) is 92.4 Å². The van der Waals surface area contributed by atoms with Gasteiger partial charge in [0.05, 0.1) is 6.10 Å². The molecular formula is C20H30N2O3. The second-order valence-electron chi connectivity index (χ2n) is 7.01. The van der Waals surface area contributed by atoms with Crippen LogP contribution in [-0.2, 0) is 9.59 Å². The van der Waals surface area contributed by atoms with Gasteiger partial charge in [-0.05, 0) is 37.7 Å². The predicted molar refractivity (Wildman–Crippen MR) is 98.1 cm³/mol. The Balaban J connectivity index is 2.39. The summed E-state index contributed by atoms with van der Waals surface area (Å²) < 4.78 is 0. The number of hydrogen-bond donors (Lipinski definition) is 3. The second kappa shape index (κ2) is 8.59. The van der Waals surface area contributed by atoms with Crippen LogP contribution in [0.25, 0.3) is 0 Å². The Morgan fingerprint density at radius 1 is 1.32 bits per heavy atom. The molecule has 25 heavy (non-hydrogen) atoms. The van der Waals surface area contributed by atoms with Crippen molar-refractivity contribution in [3.63, 3.8) is 0 Å². The quantitative estimate of drug-likeness (QED) is 0.706. The number of benzene rings is 1. The zero-order valence-electron chi connectivity index (χ0n) is 15.2. The van der Waals surface area contributed by atoms with E-state index in [9.17, 15) is 14.7 Å². The Morgan fingerprint density at radius 3 is 2.60 bits per heavy atom. The van der Waals surface area contributed by atoms with Crippen LogP contribution in [0.15, 0.2) is 30.3 Å². The summed E-state index contributed by atoms with van der Waals surface area (Å²) in [5.74, 6) is -0.705. The molecular weight excluding hydrogens is 316 g/mol. The van der Waals surface area contributed by atoms with Crippen molar-refractivity contribution < 1.29 is 14.7 Å². The van der Waals surface area contributed by atoms with E-state index >= 15 is 0 Å². The smallest absolute Gasteiger partial charge is 0.220 e. The molecule has 1 amide bonds. The van der Waals surface area contributed by atoms with Gasteiger partial charge < -0.3 is 16.2 Å². The van der Waals surface area contributed by atoms with Crippen molar-refractivity contribution in [3.8, 4) is 0 Å². The van der Waals surface area contributed by atoms with Crippen LogP contribution >= 0.6 is 0 Å². The van der Waals surface area contributed by atoms with Gasteiger partial charge in [-0.25, -0.2) is 0 Å². The molecule has 0 aromatic heterocycles. The molecule has 0 spiro atoms. The number of nitrogens with two attached hydrogens (primary N) is 1. The molecule has 4 atom stereocenters. The first-order valence-corrected chi connectivity index (χ1v) is 9.30. The molecule has 1 aromatic carbocycles. The summed E-state index contributed by atoms with van der Waals surface area (Å²) in [4.78, 5) is 25.8. The maximum absolute atomic E-state index is 13.5. The van der Waals surface area contributed by atoms with Gasteiger partial charge in [-0.2, -0.15) is 0 Å². The zero-order valence-corrected chi connectivity index (χ0v) is 15.2. The molecule has 5 nitrogen and oxygen atoms in total. The minimum Gasteiger partial charge on any atom is -0.389 e. The molecule has 0 unspecified atom stereocenters. The van der Waals surface area contributed by atoms with Gasteiger partial charge in [0.2, 0.25) is 5.91 Å². The minimum atomic E-state index is -1.29. The highest BCUT2D eigenvalue weighted by molar-refractivity contribution is 5.98. The molecule has 5 heteroatoms. The van der Waals surface area contributed by atoms with E-state index in [0.717, 1.165) is 5.56 Å². The number of Topliss-reactive ketones (excluding diaryl/α,β-unsaturated/α-hetero) is 1. The Labute approximate surface area is 150 Å². The number of rotatable bonds is 7. The maximum Gasteiger partial charge on any atom is 0.220 e. The van der Waals surface area contributed by atoms with Gasteiger partial charge in [0, 0.05) is 18.4 Å². The lowest BCUT2D eigenvalue weighted by atomic mass is 9.69. The number of nitrogens with one attached hydrogen (secondary N) is 1. The third-order valence-electron chi connectivity index (χ3n) is 5.22. The third-order valence-corrected chi connectivity index (χ3v) is 5.22. The van der Waals surface area contributed by atoms with Crippen molar-refractivity contribution in [1.82, 2.24) is 5.32 Å². The second-order valence-corrected chi connectivity index (χ2v) is 7.01. The molecule has 0 aliphatic heterocycles. The van der Waals surface area contributed by atoms with E-state index in [1.807, 2.05) is 44.2 Å². The summed E-state index contributed by atoms with van der Waals surface area (Å²) in [6, 6.07) is 9.04.